The van der Waals surface area contributed by atoms with Crippen molar-refractivity contribution in [2.24, 2.45) is 0 Å². The molecule has 4 aromatic rings. The van der Waals surface area contributed by atoms with Gasteiger partial charge in [0.25, 0.3) is 0 Å². The summed E-state index contributed by atoms with van der Waals surface area (Å²) in [6, 6.07) is 18.8. The maximum Gasteiger partial charge on any atom is 0.238 e. The van der Waals surface area contributed by atoms with E-state index in [4.69, 9.17) is 20.8 Å². The van der Waals surface area contributed by atoms with Crippen LogP contribution in [0.2, 0.25) is 5.02 Å². The number of anilines is 1. The molecule has 1 fully saturated rings. The van der Waals surface area contributed by atoms with Crippen LogP contribution in [0.25, 0.3) is 22.6 Å². The molecule has 39 heavy (non-hydrogen) atoms. The van der Waals surface area contributed by atoms with E-state index in [9.17, 15) is 9.90 Å². The van der Waals surface area contributed by atoms with Gasteiger partial charge >= 0.3 is 0 Å². The van der Waals surface area contributed by atoms with Crippen LogP contribution < -0.4 is 10.1 Å². The molecule has 2 heterocycles. The van der Waals surface area contributed by atoms with Gasteiger partial charge < -0.3 is 19.6 Å². The van der Waals surface area contributed by atoms with Gasteiger partial charge in [-0.05, 0) is 49.2 Å². The first-order valence-electron chi connectivity index (χ1n) is 13.1. The Balaban J connectivity index is 1.07. The molecule has 1 aromatic heterocycles. The van der Waals surface area contributed by atoms with Crippen molar-refractivity contribution in [1.29, 1.82) is 0 Å². The Bertz CT molecular complexity index is 1430. The third-order valence-electron chi connectivity index (χ3n) is 6.95. The number of rotatable bonds is 9. The van der Waals surface area contributed by atoms with Crippen LogP contribution in [0.15, 0.2) is 65.1 Å². The molecule has 1 amide bonds. The number of amides is 1. The van der Waals surface area contributed by atoms with E-state index in [2.05, 4.69) is 20.1 Å². The highest BCUT2D eigenvalue weighted by molar-refractivity contribution is 6.33. The van der Waals surface area contributed by atoms with Crippen LogP contribution in [0.3, 0.4) is 0 Å². The molecule has 1 aliphatic heterocycles. The quantitative estimate of drug-likeness (QED) is 0.311. The Morgan fingerprint density at radius 3 is 2.51 bits per heavy atom. The number of carbonyl (C=O) groups is 1. The van der Waals surface area contributed by atoms with Crippen molar-refractivity contribution in [2.45, 2.75) is 20.0 Å². The number of β-amino-alcohol motifs (C(OH)–C–C–N with tert-alkyl or cyclic N) is 1. The summed E-state index contributed by atoms with van der Waals surface area (Å²) >= 11 is 6.28. The van der Waals surface area contributed by atoms with E-state index in [1.165, 1.54) is 0 Å². The number of aromatic nitrogens is 1. The minimum absolute atomic E-state index is 0.00245. The molecule has 1 atom stereocenters. The third kappa shape index (κ3) is 6.78. The molecule has 0 radical (unpaired) electrons. The fraction of sp³-hybridized carbons (Fsp3) is 0.333. The first-order valence-corrected chi connectivity index (χ1v) is 13.5. The second-order valence-corrected chi connectivity index (χ2v) is 10.4. The number of carbonyl (C=O) groups excluding carboxylic acids is 1. The molecule has 0 unspecified atom stereocenters. The van der Waals surface area contributed by atoms with Gasteiger partial charge in [-0.25, -0.2) is 4.98 Å². The number of oxazole rings is 1. The van der Waals surface area contributed by atoms with Gasteiger partial charge in [-0.1, -0.05) is 41.9 Å². The van der Waals surface area contributed by atoms with Crippen molar-refractivity contribution < 1.29 is 19.1 Å². The number of aryl methyl sites for hydroxylation is 2. The summed E-state index contributed by atoms with van der Waals surface area (Å²) in [5.74, 6) is 1.06. The van der Waals surface area contributed by atoms with Gasteiger partial charge in [0.05, 0.1) is 17.1 Å². The highest BCUT2D eigenvalue weighted by Gasteiger charge is 2.22. The monoisotopic (exact) mass is 548 g/mol. The number of para-hydroxylation sites is 1. The van der Waals surface area contributed by atoms with Crippen molar-refractivity contribution in [3.8, 4) is 17.2 Å². The lowest BCUT2D eigenvalue weighted by molar-refractivity contribution is -0.117. The summed E-state index contributed by atoms with van der Waals surface area (Å²) in [6.07, 6.45) is -0.643. The predicted molar refractivity (Wildman–Crippen MR) is 153 cm³/mol. The minimum Gasteiger partial charge on any atom is -0.491 e. The van der Waals surface area contributed by atoms with Gasteiger partial charge in [0, 0.05) is 44.5 Å². The molecule has 0 saturated carbocycles. The molecule has 0 spiro atoms. The van der Waals surface area contributed by atoms with Crippen molar-refractivity contribution in [3.63, 3.8) is 0 Å². The summed E-state index contributed by atoms with van der Waals surface area (Å²) in [5.41, 5.74) is 5.05. The molecule has 8 nitrogen and oxygen atoms in total. The van der Waals surface area contributed by atoms with Crippen molar-refractivity contribution in [3.05, 3.63) is 76.8 Å². The number of benzene rings is 3. The average molecular weight is 549 g/mol. The van der Waals surface area contributed by atoms with Crippen LogP contribution in [0, 0.1) is 13.8 Å². The standard InChI is InChI=1S/C30H33ClN4O4/c1-20-6-5-7-21(2)29(20)33-28(37)18-35-14-12-34(13-15-35)17-22(36)19-38-23-10-11-27-26(16-23)32-30(39-27)24-8-3-4-9-25(24)31/h3-11,16,22,36H,12-15,17-19H2,1-2H3,(H,33,37)/t22-/m0/s1. The van der Waals surface area contributed by atoms with E-state index >= 15 is 0 Å². The van der Waals surface area contributed by atoms with Crippen LogP contribution in [0.5, 0.6) is 5.75 Å². The van der Waals surface area contributed by atoms with E-state index in [1.54, 1.807) is 24.3 Å². The summed E-state index contributed by atoms with van der Waals surface area (Å²) < 4.78 is 11.7. The topological polar surface area (TPSA) is 91.1 Å². The minimum atomic E-state index is -0.643. The van der Waals surface area contributed by atoms with E-state index in [-0.39, 0.29) is 12.5 Å². The number of hydrogen-bond donors (Lipinski definition) is 2. The van der Waals surface area contributed by atoms with E-state index in [0.29, 0.717) is 40.9 Å². The highest BCUT2D eigenvalue weighted by atomic mass is 35.5. The Kier molecular flexibility index (Phi) is 8.47. The molecule has 0 bridgehead atoms. The van der Waals surface area contributed by atoms with Crippen LogP contribution in [0.4, 0.5) is 5.69 Å². The smallest absolute Gasteiger partial charge is 0.238 e. The molecule has 204 valence electrons. The maximum atomic E-state index is 12.6. The van der Waals surface area contributed by atoms with Crippen LogP contribution in [-0.2, 0) is 4.79 Å². The first-order chi connectivity index (χ1) is 18.9. The van der Waals surface area contributed by atoms with Crippen molar-refractivity contribution >= 4 is 34.3 Å². The van der Waals surface area contributed by atoms with E-state index < -0.39 is 6.10 Å². The van der Waals surface area contributed by atoms with E-state index in [1.807, 2.05) is 50.2 Å². The second kappa shape index (κ2) is 12.2. The Hall–Kier alpha value is -3.43. The van der Waals surface area contributed by atoms with Gasteiger partial charge in [-0.15, -0.1) is 0 Å². The van der Waals surface area contributed by atoms with E-state index in [0.717, 1.165) is 48.6 Å². The molecule has 3 aromatic carbocycles. The fourth-order valence-electron chi connectivity index (χ4n) is 4.81. The zero-order valence-electron chi connectivity index (χ0n) is 22.2. The lowest BCUT2D eigenvalue weighted by Gasteiger charge is -2.35. The summed E-state index contributed by atoms with van der Waals surface area (Å²) in [5, 5.41) is 14.2. The summed E-state index contributed by atoms with van der Waals surface area (Å²) in [4.78, 5) is 21.5. The van der Waals surface area contributed by atoms with Gasteiger partial charge in [0.2, 0.25) is 11.8 Å². The number of halogens is 1. The number of aliphatic hydroxyl groups is 1. The van der Waals surface area contributed by atoms with Crippen LogP contribution in [0.1, 0.15) is 11.1 Å². The van der Waals surface area contributed by atoms with Crippen LogP contribution in [-0.4, -0.2) is 77.8 Å². The lowest BCUT2D eigenvalue weighted by atomic mass is 10.1. The molecular formula is C30H33ClN4O4. The van der Waals surface area contributed by atoms with Crippen LogP contribution >= 0.6 is 11.6 Å². The average Bonchev–Trinajstić information content (AvgIpc) is 3.34. The van der Waals surface area contributed by atoms with Crippen molar-refractivity contribution in [1.82, 2.24) is 14.8 Å². The largest absolute Gasteiger partial charge is 0.491 e. The number of hydrogen-bond acceptors (Lipinski definition) is 7. The summed E-state index contributed by atoms with van der Waals surface area (Å²) in [7, 11) is 0. The SMILES string of the molecule is Cc1cccc(C)c1NC(=O)CN1CCN(C[C@H](O)COc2ccc3oc(-c4ccccc4Cl)nc3c2)CC1. The van der Waals surface area contributed by atoms with Gasteiger partial charge in [-0.3, -0.25) is 14.6 Å². The molecule has 2 N–H and O–H groups in total. The Labute approximate surface area is 233 Å². The number of aliphatic hydroxyl groups excluding tert-OH is 1. The zero-order valence-corrected chi connectivity index (χ0v) is 22.9. The predicted octanol–water partition coefficient (Wildman–Crippen LogP) is 4.76. The zero-order chi connectivity index (χ0) is 27.4. The lowest BCUT2D eigenvalue weighted by Crippen LogP contribution is -2.50. The van der Waals surface area contributed by atoms with Gasteiger partial charge in [0.1, 0.15) is 24.0 Å². The number of ether oxygens (including phenoxy) is 1. The molecule has 1 saturated heterocycles. The first kappa shape index (κ1) is 27.1. The molecular weight excluding hydrogens is 516 g/mol. The molecule has 5 rings (SSSR count). The Morgan fingerprint density at radius 2 is 1.77 bits per heavy atom. The third-order valence-corrected chi connectivity index (χ3v) is 7.28. The normalized spacial score (nSPS) is 15.4. The second-order valence-electron chi connectivity index (χ2n) is 9.98. The number of fused-ring (bicyclic) bond motifs is 1. The maximum absolute atomic E-state index is 12.6. The van der Waals surface area contributed by atoms with Gasteiger partial charge in [-0.2, -0.15) is 0 Å². The summed E-state index contributed by atoms with van der Waals surface area (Å²) in [6.45, 7) is 8.13. The van der Waals surface area contributed by atoms with Gasteiger partial charge in [0.15, 0.2) is 5.58 Å². The number of nitrogens with one attached hydrogen (secondary N) is 1. The fourth-order valence-corrected chi connectivity index (χ4v) is 5.03. The Morgan fingerprint density at radius 1 is 1.05 bits per heavy atom. The molecule has 9 heteroatoms. The highest BCUT2D eigenvalue weighted by Crippen LogP contribution is 2.31. The number of piperazine rings is 1. The molecule has 0 aliphatic carbocycles. The van der Waals surface area contributed by atoms with Crippen molar-refractivity contribution in [2.75, 3.05) is 51.2 Å². The number of nitrogens with zero attached hydrogens (tertiary/aromatic N) is 3. The molecule has 1 aliphatic rings.